The van der Waals surface area contributed by atoms with Gasteiger partial charge in [0.15, 0.2) is 6.61 Å². The Bertz CT molecular complexity index is 1200. The van der Waals surface area contributed by atoms with Crippen molar-refractivity contribution in [3.05, 3.63) is 65.0 Å². The first-order chi connectivity index (χ1) is 17.6. The Hall–Kier alpha value is -3.37. The summed E-state index contributed by atoms with van der Waals surface area (Å²) < 4.78 is 52.2. The zero-order valence-corrected chi connectivity index (χ0v) is 21.2. The number of rotatable bonds is 8. The Labute approximate surface area is 214 Å². The van der Waals surface area contributed by atoms with E-state index in [0.29, 0.717) is 11.5 Å². The van der Waals surface area contributed by atoms with E-state index >= 15 is 0 Å². The van der Waals surface area contributed by atoms with Gasteiger partial charge in [0.2, 0.25) is 0 Å². The standard InChI is InChI=1S/C27H31F3N4O3/c1-4-33-11-13-34(14-12-33)16-21-5-8-22(15-24(21)27(28,29)30)31-25(35)17-36-23-9-6-20(7-10-23)26-18(2)32-37-19(26)3/h5-10,15H,4,11-14,16-17H2,1-3H3,(H,31,35). The highest BCUT2D eigenvalue weighted by Crippen LogP contribution is 2.35. The Kier molecular flexibility index (Phi) is 8.19. The molecule has 10 heteroatoms. The van der Waals surface area contributed by atoms with E-state index in [4.69, 9.17) is 9.26 Å². The van der Waals surface area contributed by atoms with Crippen molar-refractivity contribution in [2.75, 3.05) is 44.6 Å². The van der Waals surface area contributed by atoms with Crippen molar-refractivity contribution < 1.29 is 27.2 Å². The van der Waals surface area contributed by atoms with Gasteiger partial charge in [-0.15, -0.1) is 0 Å². The molecule has 1 saturated heterocycles. The quantitative estimate of drug-likeness (QED) is 0.448. The van der Waals surface area contributed by atoms with E-state index < -0.39 is 17.6 Å². The molecule has 37 heavy (non-hydrogen) atoms. The van der Waals surface area contributed by atoms with E-state index in [1.54, 1.807) is 12.1 Å². The second-order valence-corrected chi connectivity index (χ2v) is 9.14. The number of aryl methyl sites for hydroxylation is 2. The maximum absolute atomic E-state index is 13.8. The number of halogens is 3. The predicted molar refractivity (Wildman–Crippen MR) is 134 cm³/mol. The predicted octanol–water partition coefficient (Wildman–Crippen LogP) is 5.13. The van der Waals surface area contributed by atoms with E-state index in [1.807, 2.05) is 30.9 Å². The van der Waals surface area contributed by atoms with E-state index in [2.05, 4.69) is 22.3 Å². The molecule has 7 nitrogen and oxygen atoms in total. The van der Waals surface area contributed by atoms with Crippen LogP contribution >= 0.6 is 0 Å². The van der Waals surface area contributed by atoms with Crippen molar-refractivity contribution >= 4 is 11.6 Å². The van der Waals surface area contributed by atoms with Crippen LogP contribution in [0.3, 0.4) is 0 Å². The number of aromatic nitrogens is 1. The number of nitrogens with zero attached hydrogens (tertiary/aromatic N) is 3. The lowest BCUT2D eigenvalue weighted by atomic mass is 10.0. The second kappa shape index (κ2) is 11.4. The molecule has 1 N–H and O–H groups in total. The van der Waals surface area contributed by atoms with Crippen molar-refractivity contribution in [3.63, 3.8) is 0 Å². The summed E-state index contributed by atoms with van der Waals surface area (Å²) in [6.45, 7) is 9.70. The molecule has 0 atom stereocenters. The van der Waals surface area contributed by atoms with Crippen LogP contribution in [0.15, 0.2) is 47.0 Å². The second-order valence-electron chi connectivity index (χ2n) is 9.14. The molecule has 1 aliphatic rings. The number of benzene rings is 2. The molecule has 2 aromatic carbocycles. The van der Waals surface area contributed by atoms with Crippen LogP contribution in [-0.4, -0.2) is 60.2 Å². The largest absolute Gasteiger partial charge is 0.484 e. The number of alkyl halides is 3. The molecule has 3 aromatic rings. The Morgan fingerprint density at radius 3 is 2.32 bits per heavy atom. The van der Waals surface area contributed by atoms with Crippen LogP contribution in [0.2, 0.25) is 0 Å². The molecule has 0 saturated carbocycles. The third-order valence-corrected chi connectivity index (χ3v) is 6.55. The van der Waals surface area contributed by atoms with E-state index in [0.717, 1.165) is 55.6 Å². The lowest BCUT2D eigenvalue weighted by molar-refractivity contribution is -0.138. The van der Waals surface area contributed by atoms with Gasteiger partial charge in [-0.2, -0.15) is 13.2 Å². The number of piperazine rings is 1. The third-order valence-electron chi connectivity index (χ3n) is 6.55. The molecule has 0 aliphatic carbocycles. The van der Waals surface area contributed by atoms with Gasteiger partial charge in [0, 0.05) is 44.0 Å². The summed E-state index contributed by atoms with van der Waals surface area (Å²) in [5.41, 5.74) is 2.11. The van der Waals surface area contributed by atoms with Gasteiger partial charge in [0.1, 0.15) is 11.5 Å². The molecule has 4 rings (SSSR count). The molecule has 0 radical (unpaired) electrons. The van der Waals surface area contributed by atoms with Crippen LogP contribution < -0.4 is 10.1 Å². The number of nitrogens with one attached hydrogen (secondary N) is 1. The monoisotopic (exact) mass is 516 g/mol. The summed E-state index contributed by atoms with van der Waals surface area (Å²) in [5, 5.41) is 6.46. The van der Waals surface area contributed by atoms with Crippen molar-refractivity contribution in [2.24, 2.45) is 0 Å². The number of carbonyl (C=O) groups excluding carboxylic acids is 1. The summed E-state index contributed by atoms with van der Waals surface area (Å²) in [7, 11) is 0. The van der Waals surface area contributed by atoms with Crippen molar-refractivity contribution in [3.8, 4) is 16.9 Å². The van der Waals surface area contributed by atoms with Gasteiger partial charge in [-0.05, 0) is 55.8 Å². The minimum Gasteiger partial charge on any atom is -0.484 e. The van der Waals surface area contributed by atoms with Crippen molar-refractivity contribution in [1.29, 1.82) is 0 Å². The fraction of sp³-hybridized carbons (Fsp3) is 0.407. The minimum absolute atomic E-state index is 0.0780. The molecule has 1 fully saturated rings. The number of carbonyl (C=O) groups is 1. The molecule has 2 heterocycles. The topological polar surface area (TPSA) is 70.8 Å². The summed E-state index contributed by atoms with van der Waals surface area (Å²) in [5.74, 6) is 0.611. The zero-order chi connectivity index (χ0) is 26.6. The van der Waals surface area contributed by atoms with Crippen LogP contribution in [-0.2, 0) is 17.5 Å². The SMILES string of the molecule is CCN1CCN(Cc2ccc(NC(=O)COc3ccc(-c4c(C)noc4C)cc3)cc2C(F)(F)F)CC1. The number of hydrogen-bond acceptors (Lipinski definition) is 6. The first kappa shape index (κ1) is 26.7. The Morgan fingerprint density at radius 2 is 1.73 bits per heavy atom. The summed E-state index contributed by atoms with van der Waals surface area (Å²) in [4.78, 5) is 16.7. The molecular formula is C27H31F3N4O3. The average molecular weight is 517 g/mol. The maximum Gasteiger partial charge on any atom is 0.416 e. The first-order valence-electron chi connectivity index (χ1n) is 12.2. The maximum atomic E-state index is 13.8. The van der Waals surface area contributed by atoms with Crippen LogP contribution in [0.5, 0.6) is 5.75 Å². The number of amides is 1. The van der Waals surface area contributed by atoms with Gasteiger partial charge >= 0.3 is 6.18 Å². The molecule has 0 bridgehead atoms. The average Bonchev–Trinajstić information content (AvgIpc) is 3.21. The van der Waals surface area contributed by atoms with Crippen LogP contribution in [0, 0.1) is 13.8 Å². The van der Waals surface area contributed by atoms with Crippen LogP contribution in [0.25, 0.3) is 11.1 Å². The van der Waals surface area contributed by atoms with Gasteiger partial charge in [-0.25, -0.2) is 0 Å². The highest BCUT2D eigenvalue weighted by atomic mass is 19.4. The number of ether oxygens (including phenoxy) is 1. The third kappa shape index (κ3) is 6.69. The van der Waals surface area contributed by atoms with E-state index in [9.17, 15) is 18.0 Å². The van der Waals surface area contributed by atoms with Crippen molar-refractivity contribution in [1.82, 2.24) is 15.0 Å². The number of likely N-dealkylation sites (N-methyl/N-ethyl adjacent to an activating group) is 1. The smallest absolute Gasteiger partial charge is 0.416 e. The highest BCUT2D eigenvalue weighted by molar-refractivity contribution is 5.92. The van der Waals surface area contributed by atoms with Gasteiger partial charge in [0.05, 0.1) is 11.3 Å². The first-order valence-corrected chi connectivity index (χ1v) is 12.2. The highest BCUT2D eigenvalue weighted by Gasteiger charge is 2.34. The van der Waals surface area contributed by atoms with E-state index in [-0.39, 0.29) is 24.4 Å². The van der Waals surface area contributed by atoms with Crippen LogP contribution in [0.1, 0.15) is 29.5 Å². The molecule has 198 valence electrons. The van der Waals surface area contributed by atoms with Crippen molar-refractivity contribution in [2.45, 2.75) is 33.5 Å². The molecule has 1 aromatic heterocycles. The summed E-state index contributed by atoms with van der Waals surface area (Å²) in [6, 6.07) is 11.0. The molecule has 0 unspecified atom stereocenters. The fourth-order valence-electron chi connectivity index (χ4n) is 4.52. The summed E-state index contributed by atoms with van der Waals surface area (Å²) in [6.07, 6.45) is -4.53. The normalized spacial score (nSPS) is 15.1. The summed E-state index contributed by atoms with van der Waals surface area (Å²) >= 11 is 0. The van der Waals surface area contributed by atoms with E-state index in [1.165, 1.54) is 12.1 Å². The molecule has 1 aliphatic heterocycles. The Morgan fingerprint density at radius 1 is 1.05 bits per heavy atom. The fourth-order valence-corrected chi connectivity index (χ4v) is 4.52. The Balaban J connectivity index is 1.36. The van der Waals surface area contributed by atoms with Gasteiger partial charge in [0.25, 0.3) is 5.91 Å². The number of anilines is 1. The van der Waals surface area contributed by atoms with Crippen LogP contribution in [0.4, 0.5) is 18.9 Å². The lowest BCUT2D eigenvalue weighted by Crippen LogP contribution is -2.45. The zero-order valence-electron chi connectivity index (χ0n) is 21.2. The molecular weight excluding hydrogens is 485 g/mol. The lowest BCUT2D eigenvalue weighted by Gasteiger charge is -2.34. The molecule has 0 spiro atoms. The molecule has 1 amide bonds. The van der Waals surface area contributed by atoms with Gasteiger partial charge in [-0.1, -0.05) is 30.3 Å². The minimum atomic E-state index is -4.53. The number of hydrogen-bond donors (Lipinski definition) is 1. The van der Waals surface area contributed by atoms with Gasteiger partial charge < -0.3 is 19.5 Å². The van der Waals surface area contributed by atoms with Gasteiger partial charge in [-0.3, -0.25) is 9.69 Å².